The molecule has 0 aromatic carbocycles. The van der Waals surface area contributed by atoms with Crippen LogP contribution in [0.4, 0.5) is 5.00 Å². The average Bonchev–Trinajstić information content (AvgIpc) is 2.87. The van der Waals surface area contributed by atoms with Gasteiger partial charge in [0, 0.05) is 23.0 Å². The van der Waals surface area contributed by atoms with Gasteiger partial charge in [0.25, 0.3) is 0 Å². The van der Waals surface area contributed by atoms with Crippen LogP contribution in [0, 0.1) is 10.1 Å². The maximum absolute atomic E-state index is 10.6. The van der Waals surface area contributed by atoms with Crippen LogP contribution in [0.15, 0.2) is 12.1 Å². The van der Waals surface area contributed by atoms with Gasteiger partial charge in [-0.05, 0) is 18.9 Å². The molecule has 100 valence electrons. The molecule has 1 saturated carbocycles. The lowest BCUT2D eigenvalue weighted by molar-refractivity contribution is -0.380. The maximum atomic E-state index is 10.6. The van der Waals surface area contributed by atoms with Crippen LogP contribution in [0.3, 0.4) is 0 Å². The summed E-state index contributed by atoms with van der Waals surface area (Å²) in [6, 6.07) is 3.32. The molecule has 1 fully saturated rings. The predicted molar refractivity (Wildman–Crippen MR) is 70.7 cm³/mol. The van der Waals surface area contributed by atoms with E-state index in [1.54, 1.807) is 6.07 Å². The molecule has 0 bridgehead atoms. The van der Waals surface area contributed by atoms with E-state index in [2.05, 4.69) is 5.32 Å². The Labute approximate surface area is 110 Å². The summed E-state index contributed by atoms with van der Waals surface area (Å²) in [5, 5.41) is 23.7. The zero-order valence-electron chi connectivity index (χ0n) is 10.2. The molecule has 1 aromatic heterocycles. The summed E-state index contributed by atoms with van der Waals surface area (Å²) in [5.41, 5.74) is -0.184. The number of rotatable bonds is 5. The van der Waals surface area contributed by atoms with Gasteiger partial charge in [0.05, 0.1) is 11.5 Å². The second-order valence-electron chi connectivity index (χ2n) is 4.85. The topological polar surface area (TPSA) is 75.4 Å². The first-order valence-electron chi connectivity index (χ1n) is 6.24. The summed E-state index contributed by atoms with van der Waals surface area (Å²) in [5.74, 6) is 0. The van der Waals surface area contributed by atoms with E-state index in [0.717, 1.165) is 30.6 Å². The highest BCUT2D eigenvalue weighted by atomic mass is 32.1. The van der Waals surface area contributed by atoms with Crippen molar-refractivity contribution >= 4 is 16.3 Å². The molecule has 0 amide bonds. The molecule has 0 saturated heterocycles. The van der Waals surface area contributed by atoms with Gasteiger partial charge in [-0.15, -0.1) is 0 Å². The minimum atomic E-state index is -0.364. The van der Waals surface area contributed by atoms with Gasteiger partial charge in [-0.3, -0.25) is 10.1 Å². The standard InChI is InChI=1S/C12H18N2O3S/c15-9-12(6-2-1-3-7-12)13-8-10-4-5-11(18-10)14(16)17/h4-5,13,15H,1-3,6-9H2. The molecule has 2 rings (SSSR count). The van der Waals surface area contributed by atoms with Crippen LogP contribution < -0.4 is 5.32 Å². The Morgan fingerprint density at radius 3 is 2.67 bits per heavy atom. The van der Waals surface area contributed by atoms with Crippen LogP contribution in [0.1, 0.15) is 37.0 Å². The summed E-state index contributed by atoms with van der Waals surface area (Å²) in [6.45, 7) is 0.736. The molecule has 0 unspecified atom stereocenters. The van der Waals surface area contributed by atoms with Crippen LogP contribution in [-0.2, 0) is 6.54 Å². The van der Waals surface area contributed by atoms with Crippen molar-refractivity contribution in [1.29, 1.82) is 0 Å². The van der Waals surface area contributed by atoms with Crippen LogP contribution in [0.5, 0.6) is 0 Å². The van der Waals surface area contributed by atoms with Gasteiger partial charge >= 0.3 is 5.00 Å². The third-order valence-corrected chi connectivity index (χ3v) is 4.62. The molecule has 1 aliphatic carbocycles. The highest BCUT2D eigenvalue weighted by molar-refractivity contribution is 7.15. The van der Waals surface area contributed by atoms with Gasteiger partial charge in [-0.25, -0.2) is 0 Å². The Bertz CT molecular complexity index is 413. The molecule has 0 atom stereocenters. The summed E-state index contributed by atoms with van der Waals surface area (Å²) in [4.78, 5) is 11.2. The quantitative estimate of drug-likeness (QED) is 0.636. The van der Waals surface area contributed by atoms with Crippen molar-refractivity contribution in [3.05, 3.63) is 27.1 Å². The number of nitrogens with zero attached hydrogens (tertiary/aromatic N) is 1. The third-order valence-electron chi connectivity index (χ3n) is 3.58. The lowest BCUT2D eigenvalue weighted by atomic mass is 9.82. The summed E-state index contributed by atoms with van der Waals surface area (Å²) >= 11 is 1.20. The average molecular weight is 270 g/mol. The van der Waals surface area contributed by atoms with Crippen molar-refractivity contribution in [2.45, 2.75) is 44.2 Å². The fraction of sp³-hybridized carbons (Fsp3) is 0.667. The fourth-order valence-electron chi connectivity index (χ4n) is 2.45. The molecule has 0 spiro atoms. The van der Waals surface area contributed by atoms with E-state index >= 15 is 0 Å². The fourth-order valence-corrected chi connectivity index (χ4v) is 3.21. The molecule has 6 heteroatoms. The summed E-state index contributed by atoms with van der Waals surface area (Å²) in [7, 11) is 0. The van der Waals surface area contributed by atoms with Crippen molar-refractivity contribution < 1.29 is 10.0 Å². The Morgan fingerprint density at radius 2 is 2.11 bits per heavy atom. The smallest absolute Gasteiger partial charge is 0.324 e. The van der Waals surface area contributed by atoms with Gasteiger partial charge in [-0.1, -0.05) is 30.6 Å². The minimum absolute atomic E-state index is 0.139. The van der Waals surface area contributed by atoms with Crippen molar-refractivity contribution in [3.8, 4) is 0 Å². The van der Waals surface area contributed by atoms with Gasteiger partial charge in [0.1, 0.15) is 0 Å². The largest absolute Gasteiger partial charge is 0.394 e. The normalized spacial score (nSPS) is 18.7. The van der Waals surface area contributed by atoms with E-state index in [1.807, 2.05) is 0 Å². The highest BCUT2D eigenvalue weighted by Crippen LogP contribution is 2.29. The molecule has 0 aliphatic heterocycles. The summed E-state index contributed by atoms with van der Waals surface area (Å²) < 4.78 is 0. The lowest BCUT2D eigenvalue weighted by Crippen LogP contribution is -2.49. The molecule has 1 aromatic rings. The molecule has 1 aliphatic rings. The number of thiophene rings is 1. The summed E-state index contributed by atoms with van der Waals surface area (Å²) in [6.07, 6.45) is 5.47. The predicted octanol–water partition coefficient (Wildman–Crippen LogP) is 2.44. The molecule has 1 heterocycles. The van der Waals surface area contributed by atoms with Crippen LogP contribution >= 0.6 is 11.3 Å². The maximum Gasteiger partial charge on any atom is 0.324 e. The zero-order valence-corrected chi connectivity index (χ0v) is 11.0. The van der Waals surface area contributed by atoms with E-state index in [0.29, 0.717) is 6.54 Å². The zero-order chi connectivity index (χ0) is 13.0. The first kappa shape index (κ1) is 13.5. The number of aliphatic hydroxyl groups excluding tert-OH is 1. The highest BCUT2D eigenvalue weighted by Gasteiger charge is 2.30. The molecule has 2 N–H and O–H groups in total. The van der Waals surface area contributed by atoms with E-state index in [1.165, 1.54) is 23.8 Å². The number of nitro groups is 1. The number of hydrogen-bond donors (Lipinski definition) is 2. The van der Waals surface area contributed by atoms with Gasteiger partial charge in [0.2, 0.25) is 0 Å². The molecule has 18 heavy (non-hydrogen) atoms. The van der Waals surface area contributed by atoms with Crippen LogP contribution in [-0.4, -0.2) is 22.2 Å². The molecule has 0 radical (unpaired) electrons. The van der Waals surface area contributed by atoms with E-state index in [9.17, 15) is 15.2 Å². The van der Waals surface area contributed by atoms with Crippen molar-refractivity contribution in [2.24, 2.45) is 0 Å². The molecular formula is C12H18N2O3S. The Hall–Kier alpha value is -0.980. The number of hydrogen-bond acceptors (Lipinski definition) is 5. The Morgan fingerprint density at radius 1 is 1.39 bits per heavy atom. The molecular weight excluding hydrogens is 252 g/mol. The SMILES string of the molecule is O=[N+]([O-])c1ccc(CNC2(CO)CCCCC2)s1. The lowest BCUT2D eigenvalue weighted by Gasteiger charge is -2.36. The van der Waals surface area contributed by atoms with E-state index in [-0.39, 0.29) is 22.1 Å². The number of nitrogens with one attached hydrogen (secondary N) is 1. The van der Waals surface area contributed by atoms with Gasteiger partial charge in [0.15, 0.2) is 0 Å². The Balaban J connectivity index is 1.94. The third kappa shape index (κ3) is 3.07. The van der Waals surface area contributed by atoms with Crippen molar-refractivity contribution in [1.82, 2.24) is 5.32 Å². The van der Waals surface area contributed by atoms with Gasteiger partial charge < -0.3 is 10.4 Å². The van der Waals surface area contributed by atoms with E-state index in [4.69, 9.17) is 0 Å². The van der Waals surface area contributed by atoms with Crippen LogP contribution in [0.2, 0.25) is 0 Å². The Kier molecular flexibility index (Phi) is 4.31. The van der Waals surface area contributed by atoms with E-state index < -0.39 is 0 Å². The first-order chi connectivity index (χ1) is 8.65. The van der Waals surface area contributed by atoms with Crippen molar-refractivity contribution in [3.63, 3.8) is 0 Å². The minimum Gasteiger partial charge on any atom is -0.394 e. The van der Waals surface area contributed by atoms with Crippen LogP contribution in [0.25, 0.3) is 0 Å². The van der Waals surface area contributed by atoms with Crippen molar-refractivity contribution in [2.75, 3.05) is 6.61 Å². The second-order valence-corrected chi connectivity index (χ2v) is 6.00. The second kappa shape index (κ2) is 5.77. The number of aliphatic hydroxyl groups is 1. The van der Waals surface area contributed by atoms with Gasteiger partial charge in [-0.2, -0.15) is 0 Å². The first-order valence-corrected chi connectivity index (χ1v) is 7.06. The molecule has 5 nitrogen and oxygen atoms in total. The monoisotopic (exact) mass is 270 g/mol.